The van der Waals surface area contributed by atoms with Crippen LogP contribution in [-0.4, -0.2) is 29.9 Å². The fourth-order valence-electron chi connectivity index (χ4n) is 2.05. The van der Waals surface area contributed by atoms with E-state index >= 15 is 0 Å². The summed E-state index contributed by atoms with van der Waals surface area (Å²) in [7, 11) is 0. The van der Waals surface area contributed by atoms with Gasteiger partial charge in [0.1, 0.15) is 11.8 Å². The molecular weight excluding hydrogens is 312 g/mol. The smallest absolute Gasteiger partial charge is 0.251 e. The summed E-state index contributed by atoms with van der Waals surface area (Å²) in [4.78, 5) is 24.6. The molecule has 2 rings (SSSR count). The maximum Gasteiger partial charge on any atom is 0.251 e. The predicted molar refractivity (Wildman–Crippen MR) is 91.2 cm³/mol. The van der Waals surface area contributed by atoms with Crippen LogP contribution in [0.25, 0.3) is 0 Å². The number of furan rings is 1. The van der Waals surface area contributed by atoms with E-state index in [1.807, 2.05) is 12.3 Å². The second kappa shape index (κ2) is 9.05. The first kappa shape index (κ1) is 17.1. The standard InChI is InChI=1S/C17H20N2O3S/c1-23-11-9-15(17(21)18-12-14-8-5-10-22-14)19-16(20)13-6-3-2-4-7-13/h2-8,10,15H,9,11-12H2,1H3,(H,18,21)(H,19,20)/t15-/m0/s1. The van der Waals surface area contributed by atoms with E-state index in [0.717, 1.165) is 5.75 Å². The molecule has 2 aromatic rings. The van der Waals surface area contributed by atoms with Crippen LogP contribution in [0.2, 0.25) is 0 Å². The molecule has 1 heterocycles. The maximum absolute atomic E-state index is 12.3. The Morgan fingerprint density at radius 3 is 2.61 bits per heavy atom. The Labute approximate surface area is 139 Å². The largest absolute Gasteiger partial charge is 0.467 e. The van der Waals surface area contributed by atoms with Gasteiger partial charge in [-0.25, -0.2) is 0 Å². The van der Waals surface area contributed by atoms with Gasteiger partial charge in [0.25, 0.3) is 5.91 Å². The second-order valence-corrected chi connectivity index (χ2v) is 5.96. The van der Waals surface area contributed by atoms with Crippen molar-refractivity contribution in [2.24, 2.45) is 0 Å². The van der Waals surface area contributed by atoms with Crippen molar-refractivity contribution in [3.05, 3.63) is 60.1 Å². The Bertz CT molecular complexity index is 614. The molecule has 0 fully saturated rings. The molecule has 1 atom stereocenters. The molecule has 5 nitrogen and oxygen atoms in total. The molecule has 2 amide bonds. The molecule has 0 bridgehead atoms. The molecule has 0 aliphatic rings. The van der Waals surface area contributed by atoms with Crippen molar-refractivity contribution >= 4 is 23.6 Å². The van der Waals surface area contributed by atoms with Crippen LogP contribution >= 0.6 is 11.8 Å². The molecule has 0 aliphatic carbocycles. The van der Waals surface area contributed by atoms with E-state index in [9.17, 15) is 9.59 Å². The summed E-state index contributed by atoms with van der Waals surface area (Å²) in [6.45, 7) is 0.308. The highest BCUT2D eigenvalue weighted by Gasteiger charge is 2.21. The van der Waals surface area contributed by atoms with Gasteiger partial charge >= 0.3 is 0 Å². The van der Waals surface area contributed by atoms with E-state index in [4.69, 9.17) is 4.42 Å². The number of benzene rings is 1. The summed E-state index contributed by atoms with van der Waals surface area (Å²) in [5, 5.41) is 5.60. The van der Waals surface area contributed by atoms with E-state index in [1.165, 1.54) is 0 Å². The minimum absolute atomic E-state index is 0.209. The zero-order chi connectivity index (χ0) is 16.5. The lowest BCUT2D eigenvalue weighted by Crippen LogP contribution is -2.46. The number of nitrogens with one attached hydrogen (secondary N) is 2. The molecule has 0 saturated carbocycles. The Kier molecular flexibility index (Phi) is 6.75. The fourth-order valence-corrected chi connectivity index (χ4v) is 2.52. The molecule has 0 aliphatic heterocycles. The van der Waals surface area contributed by atoms with Gasteiger partial charge in [-0.2, -0.15) is 11.8 Å². The van der Waals surface area contributed by atoms with Crippen LogP contribution in [0.15, 0.2) is 53.1 Å². The molecule has 2 N–H and O–H groups in total. The van der Waals surface area contributed by atoms with Crippen molar-refractivity contribution < 1.29 is 14.0 Å². The minimum Gasteiger partial charge on any atom is -0.467 e. The number of hydrogen-bond donors (Lipinski definition) is 2. The van der Waals surface area contributed by atoms with Crippen molar-refractivity contribution in [1.29, 1.82) is 0 Å². The zero-order valence-corrected chi connectivity index (χ0v) is 13.8. The normalized spacial score (nSPS) is 11.7. The Morgan fingerprint density at radius 1 is 1.17 bits per heavy atom. The first-order chi connectivity index (χ1) is 11.2. The lowest BCUT2D eigenvalue weighted by molar-refractivity contribution is -0.123. The molecule has 122 valence electrons. The molecule has 0 spiro atoms. The van der Waals surface area contributed by atoms with Crippen LogP contribution in [0.4, 0.5) is 0 Å². The van der Waals surface area contributed by atoms with Crippen LogP contribution in [0.5, 0.6) is 0 Å². The summed E-state index contributed by atoms with van der Waals surface area (Å²) in [6, 6.07) is 11.9. The average Bonchev–Trinajstić information content (AvgIpc) is 3.10. The van der Waals surface area contributed by atoms with Gasteiger partial charge in [-0.15, -0.1) is 0 Å². The summed E-state index contributed by atoms with van der Waals surface area (Å²) >= 11 is 1.64. The SMILES string of the molecule is CSCC[C@H](NC(=O)c1ccccc1)C(=O)NCc1ccco1. The highest BCUT2D eigenvalue weighted by molar-refractivity contribution is 7.98. The van der Waals surface area contributed by atoms with Gasteiger partial charge in [-0.05, 0) is 42.7 Å². The maximum atomic E-state index is 12.3. The highest BCUT2D eigenvalue weighted by atomic mass is 32.2. The number of amides is 2. The zero-order valence-electron chi connectivity index (χ0n) is 13.0. The Balaban J connectivity index is 1.95. The van der Waals surface area contributed by atoms with E-state index in [0.29, 0.717) is 24.3 Å². The van der Waals surface area contributed by atoms with Gasteiger partial charge in [0.15, 0.2) is 0 Å². The van der Waals surface area contributed by atoms with Gasteiger partial charge in [0.2, 0.25) is 5.91 Å². The molecular formula is C17H20N2O3S. The summed E-state index contributed by atoms with van der Waals surface area (Å²) in [5.74, 6) is 1.01. The number of carbonyl (C=O) groups excluding carboxylic acids is 2. The van der Waals surface area contributed by atoms with Gasteiger partial charge in [0, 0.05) is 5.56 Å². The van der Waals surface area contributed by atoms with Crippen LogP contribution in [0, 0.1) is 0 Å². The van der Waals surface area contributed by atoms with E-state index in [1.54, 1.807) is 54.4 Å². The number of hydrogen-bond acceptors (Lipinski definition) is 4. The van der Waals surface area contributed by atoms with Gasteiger partial charge in [-0.1, -0.05) is 18.2 Å². The summed E-state index contributed by atoms with van der Waals surface area (Å²) in [6.07, 6.45) is 4.10. The first-order valence-corrected chi connectivity index (χ1v) is 8.75. The topological polar surface area (TPSA) is 71.3 Å². The molecule has 6 heteroatoms. The van der Waals surface area contributed by atoms with E-state index in [2.05, 4.69) is 10.6 Å². The quantitative estimate of drug-likeness (QED) is 0.779. The lowest BCUT2D eigenvalue weighted by atomic mass is 10.1. The van der Waals surface area contributed by atoms with Crippen molar-refractivity contribution in [2.45, 2.75) is 19.0 Å². The minimum atomic E-state index is -0.565. The fraction of sp³-hybridized carbons (Fsp3) is 0.294. The van der Waals surface area contributed by atoms with Gasteiger partial charge in [0.05, 0.1) is 12.8 Å². The monoisotopic (exact) mass is 332 g/mol. The number of thioether (sulfide) groups is 1. The van der Waals surface area contributed by atoms with Crippen molar-refractivity contribution in [1.82, 2.24) is 10.6 Å². The molecule has 0 unspecified atom stereocenters. The van der Waals surface area contributed by atoms with Crippen molar-refractivity contribution in [3.8, 4) is 0 Å². The van der Waals surface area contributed by atoms with Crippen LogP contribution in [0.1, 0.15) is 22.5 Å². The summed E-state index contributed by atoms with van der Waals surface area (Å²) in [5.41, 5.74) is 0.542. The van der Waals surface area contributed by atoms with E-state index < -0.39 is 6.04 Å². The molecule has 23 heavy (non-hydrogen) atoms. The van der Waals surface area contributed by atoms with Gasteiger partial charge in [-0.3, -0.25) is 9.59 Å². The molecule has 1 aromatic heterocycles. The number of rotatable bonds is 8. The lowest BCUT2D eigenvalue weighted by Gasteiger charge is -2.18. The average molecular weight is 332 g/mol. The summed E-state index contributed by atoms with van der Waals surface area (Å²) < 4.78 is 5.19. The Hall–Kier alpha value is -2.21. The Morgan fingerprint density at radius 2 is 1.96 bits per heavy atom. The second-order valence-electron chi connectivity index (χ2n) is 4.97. The molecule has 1 aromatic carbocycles. The predicted octanol–water partition coefficient (Wildman–Crippen LogP) is 2.45. The van der Waals surface area contributed by atoms with Crippen LogP contribution < -0.4 is 10.6 Å². The van der Waals surface area contributed by atoms with Crippen LogP contribution in [0.3, 0.4) is 0 Å². The number of carbonyl (C=O) groups is 2. The highest BCUT2D eigenvalue weighted by Crippen LogP contribution is 2.05. The van der Waals surface area contributed by atoms with Crippen LogP contribution in [-0.2, 0) is 11.3 Å². The first-order valence-electron chi connectivity index (χ1n) is 7.35. The third kappa shape index (κ3) is 5.49. The third-order valence-corrected chi connectivity index (χ3v) is 3.93. The van der Waals surface area contributed by atoms with Crippen molar-refractivity contribution in [2.75, 3.05) is 12.0 Å². The molecule has 0 saturated heterocycles. The van der Waals surface area contributed by atoms with E-state index in [-0.39, 0.29) is 11.8 Å². The van der Waals surface area contributed by atoms with Gasteiger partial charge < -0.3 is 15.1 Å². The molecule has 0 radical (unpaired) electrons. The van der Waals surface area contributed by atoms with Crippen molar-refractivity contribution in [3.63, 3.8) is 0 Å². The third-order valence-electron chi connectivity index (χ3n) is 3.29.